The summed E-state index contributed by atoms with van der Waals surface area (Å²) in [6.07, 6.45) is 2.14. The summed E-state index contributed by atoms with van der Waals surface area (Å²) >= 11 is 6.50. The van der Waals surface area contributed by atoms with Gasteiger partial charge >= 0.3 is 0 Å². The standard InChI is InChI=1S/C25H28ClNO2/c1-19(13-14-20-9-5-3-6-10-20)27-17-22-15-23(26)25(24(16-22)28-2)29-18-21-11-7-4-8-12-21/h3-12,15-16,19,27H,13-14,17-18H2,1-2H3/t19-/m0/s1. The average Bonchev–Trinajstić information content (AvgIpc) is 2.76. The molecule has 0 aliphatic rings. The van der Waals surface area contributed by atoms with Crippen LogP contribution in [-0.4, -0.2) is 13.2 Å². The molecule has 0 spiro atoms. The van der Waals surface area contributed by atoms with Crippen molar-refractivity contribution in [2.24, 2.45) is 0 Å². The van der Waals surface area contributed by atoms with Crippen LogP contribution in [0.15, 0.2) is 72.8 Å². The molecular formula is C25H28ClNO2. The number of hydrogen-bond acceptors (Lipinski definition) is 3. The second-order valence-corrected chi connectivity index (χ2v) is 7.60. The van der Waals surface area contributed by atoms with E-state index in [1.807, 2.05) is 42.5 Å². The zero-order chi connectivity index (χ0) is 20.5. The Morgan fingerprint density at radius 2 is 1.55 bits per heavy atom. The fourth-order valence-electron chi connectivity index (χ4n) is 3.17. The molecule has 0 unspecified atom stereocenters. The SMILES string of the molecule is COc1cc(CN[C@@H](C)CCc2ccccc2)cc(Cl)c1OCc1ccccc1. The summed E-state index contributed by atoms with van der Waals surface area (Å²) in [5.74, 6) is 1.24. The van der Waals surface area contributed by atoms with Gasteiger partial charge in [-0.25, -0.2) is 0 Å². The molecule has 0 radical (unpaired) electrons. The highest BCUT2D eigenvalue weighted by Crippen LogP contribution is 2.37. The van der Waals surface area contributed by atoms with Gasteiger partial charge in [-0.05, 0) is 48.6 Å². The van der Waals surface area contributed by atoms with Crippen LogP contribution < -0.4 is 14.8 Å². The minimum atomic E-state index is 0.397. The molecule has 3 rings (SSSR count). The summed E-state index contributed by atoms with van der Waals surface area (Å²) in [7, 11) is 1.64. The van der Waals surface area contributed by atoms with E-state index < -0.39 is 0 Å². The van der Waals surface area contributed by atoms with Gasteiger partial charge in [0, 0.05) is 12.6 Å². The third kappa shape index (κ3) is 6.52. The Hall–Kier alpha value is -2.49. The van der Waals surface area contributed by atoms with Crippen LogP contribution in [0.2, 0.25) is 5.02 Å². The molecule has 0 aromatic heterocycles. The molecule has 0 amide bonds. The van der Waals surface area contributed by atoms with Crippen LogP contribution >= 0.6 is 11.6 Å². The van der Waals surface area contributed by atoms with Gasteiger partial charge in [-0.1, -0.05) is 72.3 Å². The molecule has 1 atom stereocenters. The van der Waals surface area contributed by atoms with Crippen molar-refractivity contribution in [3.05, 3.63) is 94.5 Å². The summed E-state index contributed by atoms with van der Waals surface area (Å²) in [6, 6.07) is 24.9. The summed E-state index contributed by atoms with van der Waals surface area (Å²) < 4.78 is 11.5. The fraction of sp³-hybridized carbons (Fsp3) is 0.280. The smallest absolute Gasteiger partial charge is 0.180 e. The highest BCUT2D eigenvalue weighted by Gasteiger charge is 2.13. The lowest BCUT2D eigenvalue weighted by Gasteiger charge is -2.17. The highest BCUT2D eigenvalue weighted by molar-refractivity contribution is 6.32. The highest BCUT2D eigenvalue weighted by atomic mass is 35.5. The van der Waals surface area contributed by atoms with Gasteiger partial charge in [0.05, 0.1) is 12.1 Å². The van der Waals surface area contributed by atoms with Crippen LogP contribution in [0.5, 0.6) is 11.5 Å². The largest absolute Gasteiger partial charge is 0.493 e. The van der Waals surface area contributed by atoms with Crippen LogP contribution in [0.25, 0.3) is 0 Å². The van der Waals surface area contributed by atoms with E-state index in [1.165, 1.54) is 5.56 Å². The van der Waals surface area contributed by atoms with Crippen molar-refractivity contribution in [1.29, 1.82) is 0 Å². The molecule has 0 fully saturated rings. The Kier molecular flexibility index (Phi) is 7.97. The Morgan fingerprint density at radius 1 is 0.897 bits per heavy atom. The molecule has 0 heterocycles. The zero-order valence-corrected chi connectivity index (χ0v) is 17.8. The number of methoxy groups -OCH3 is 1. The first kappa shape index (κ1) is 21.2. The molecule has 0 bridgehead atoms. The number of hydrogen-bond donors (Lipinski definition) is 1. The second kappa shape index (κ2) is 10.9. The van der Waals surface area contributed by atoms with Crippen molar-refractivity contribution in [3.8, 4) is 11.5 Å². The van der Waals surface area contributed by atoms with E-state index in [0.29, 0.717) is 29.2 Å². The van der Waals surface area contributed by atoms with Crippen LogP contribution in [0, 0.1) is 0 Å². The number of aryl methyl sites for hydroxylation is 1. The van der Waals surface area contributed by atoms with Crippen molar-refractivity contribution in [2.45, 2.75) is 39.0 Å². The van der Waals surface area contributed by atoms with Crippen molar-refractivity contribution >= 4 is 11.6 Å². The van der Waals surface area contributed by atoms with E-state index in [9.17, 15) is 0 Å². The summed E-state index contributed by atoms with van der Waals surface area (Å²) in [5, 5.41) is 4.13. The lowest BCUT2D eigenvalue weighted by molar-refractivity contribution is 0.284. The number of halogens is 1. The van der Waals surface area contributed by atoms with Crippen LogP contribution in [0.1, 0.15) is 30.0 Å². The molecule has 1 N–H and O–H groups in total. The molecule has 4 heteroatoms. The second-order valence-electron chi connectivity index (χ2n) is 7.19. The Labute approximate surface area is 178 Å². The minimum Gasteiger partial charge on any atom is -0.493 e. The molecule has 3 aromatic rings. The predicted octanol–water partition coefficient (Wildman–Crippen LogP) is 6.04. The van der Waals surface area contributed by atoms with Gasteiger partial charge in [-0.2, -0.15) is 0 Å². The number of rotatable bonds is 10. The lowest BCUT2D eigenvalue weighted by Crippen LogP contribution is -2.26. The molecular weight excluding hydrogens is 382 g/mol. The lowest BCUT2D eigenvalue weighted by atomic mass is 10.1. The minimum absolute atomic E-state index is 0.397. The molecule has 0 aliphatic carbocycles. The maximum atomic E-state index is 6.50. The van der Waals surface area contributed by atoms with Gasteiger partial charge in [0.2, 0.25) is 0 Å². The van der Waals surface area contributed by atoms with Crippen molar-refractivity contribution < 1.29 is 9.47 Å². The average molecular weight is 410 g/mol. The first-order chi connectivity index (χ1) is 14.2. The van der Waals surface area contributed by atoms with E-state index in [-0.39, 0.29) is 0 Å². The quantitative estimate of drug-likeness (QED) is 0.443. The Balaban J connectivity index is 1.56. The van der Waals surface area contributed by atoms with E-state index in [4.69, 9.17) is 21.1 Å². The third-order valence-corrected chi connectivity index (χ3v) is 5.16. The molecule has 3 aromatic carbocycles. The van der Waals surface area contributed by atoms with Gasteiger partial charge in [0.25, 0.3) is 0 Å². The van der Waals surface area contributed by atoms with Crippen LogP contribution in [0.3, 0.4) is 0 Å². The molecule has 3 nitrogen and oxygen atoms in total. The first-order valence-corrected chi connectivity index (χ1v) is 10.3. The molecule has 0 saturated heterocycles. The topological polar surface area (TPSA) is 30.5 Å². The van der Waals surface area contributed by atoms with E-state index >= 15 is 0 Å². The summed E-state index contributed by atoms with van der Waals surface area (Å²) in [6.45, 7) is 3.38. The molecule has 0 aliphatic heterocycles. The predicted molar refractivity (Wildman–Crippen MR) is 120 cm³/mol. The maximum Gasteiger partial charge on any atom is 0.180 e. The fourth-order valence-corrected chi connectivity index (χ4v) is 3.45. The number of benzene rings is 3. The van der Waals surface area contributed by atoms with E-state index in [1.54, 1.807) is 7.11 Å². The molecule has 152 valence electrons. The summed E-state index contributed by atoms with van der Waals surface area (Å²) in [5.41, 5.74) is 3.53. The number of ether oxygens (including phenoxy) is 2. The third-order valence-electron chi connectivity index (χ3n) is 4.88. The van der Waals surface area contributed by atoms with Crippen LogP contribution in [-0.2, 0) is 19.6 Å². The van der Waals surface area contributed by atoms with E-state index in [2.05, 4.69) is 42.6 Å². The molecule has 0 saturated carbocycles. The Morgan fingerprint density at radius 3 is 2.21 bits per heavy atom. The molecule has 29 heavy (non-hydrogen) atoms. The zero-order valence-electron chi connectivity index (χ0n) is 17.0. The number of nitrogens with one attached hydrogen (secondary N) is 1. The van der Waals surface area contributed by atoms with Crippen LogP contribution in [0.4, 0.5) is 0 Å². The first-order valence-electron chi connectivity index (χ1n) is 9.96. The van der Waals surface area contributed by atoms with Gasteiger partial charge in [0.15, 0.2) is 11.5 Å². The van der Waals surface area contributed by atoms with Gasteiger partial charge in [-0.3, -0.25) is 0 Å². The van der Waals surface area contributed by atoms with Gasteiger partial charge in [-0.15, -0.1) is 0 Å². The maximum absolute atomic E-state index is 6.50. The van der Waals surface area contributed by atoms with Crippen molar-refractivity contribution in [2.75, 3.05) is 7.11 Å². The van der Waals surface area contributed by atoms with Gasteiger partial charge in [0.1, 0.15) is 6.61 Å². The monoisotopic (exact) mass is 409 g/mol. The van der Waals surface area contributed by atoms with Gasteiger partial charge < -0.3 is 14.8 Å². The van der Waals surface area contributed by atoms with Crippen molar-refractivity contribution in [1.82, 2.24) is 5.32 Å². The van der Waals surface area contributed by atoms with E-state index in [0.717, 1.165) is 30.5 Å². The normalized spacial score (nSPS) is 11.8. The summed E-state index contributed by atoms with van der Waals surface area (Å²) in [4.78, 5) is 0. The Bertz CT molecular complexity index is 884. The van der Waals surface area contributed by atoms with Crippen molar-refractivity contribution in [3.63, 3.8) is 0 Å².